The molecule has 0 aliphatic carbocycles. The molecule has 1 amide bonds. The van der Waals surface area contributed by atoms with Crippen LogP contribution in [0.5, 0.6) is 0 Å². The Balaban J connectivity index is 3.14. The first-order valence-electron chi connectivity index (χ1n) is 6.51. The maximum atomic E-state index is 12.8. The van der Waals surface area contributed by atoms with Gasteiger partial charge in [-0.15, -0.1) is 0 Å². The van der Waals surface area contributed by atoms with E-state index in [4.69, 9.17) is 0 Å². The molecule has 0 atom stereocenters. The lowest BCUT2D eigenvalue weighted by Gasteiger charge is -2.31. The third kappa shape index (κ3) is 5.62. The lowest BCUT2D eigenvalue weighted by molar-refractivity contribution is -0.144. The van der Waals surface area contributed by atoms with Crippen LogP contribution in [-0.2, 0) is 0 Å². The fourth-order valence-electron chi connectivity index (χ4n) is 2.13. The summed E-state index contributed by atoms with van der Waals surface area (Å²) in [7, 11) is 0. The SMILES string of the molecule is CCC(CC)N(CC(F)(F)F)C(=O)c1cc(Br)cc(Br)c1. The quantitative estimate of drug-likeness (QED) is 0.611. The minimum absolute atomic E-state index is 0.229. The van der Waals surface area contributed by atoms with Crippen molar-refractivity contribution in [3.8, 4) is 0 Å². The topological polar surface area (TPSA) is 20.3 Å². The first-order valence-corrected chi connectivity index (χ1v) is 8.10. The molecule has 7 heteroatoms. The first-order chi connectivity index (χ1) is 9.67. The normalized spacial score (nSPS) is 11.8. The summed E-state index contributed by atoms with van der Waals surface area (Å²) in [5.41, 5.74) is 0.229. The molecule has 0 radical (unpaired) electrons. The minimum atomic E-state index is -4.42. The van der Waals surface area contributed by atoms with Gasteiger partial charge < -0.3 is 4.90 Å². The number of rotatable bonds is 5. The van der Waals surface area contributed by atoms with Gasteiger partial charge in [-0.2, -0.15) is 13.2 Å². The zero-order valence-corrected chi connectivity index (χ0v) is 14.8. The Morgan fingerprint density at radius 3 is 2.00 bits per heavy atom. The highest BCUT2D eigenvalue weighted by Crippen LogP contribution is 2.25. The third-order valence-electron chi connectivity index (χ3n) is 3.10. The number of carbonyl (C=O) groups is 1. The van der Waals surface area contributed by atoms with Crippen LogP contribution in [-0.4, -0.2) is 29.6 Å². The second-order valence-corrected chi connectivity index (χ2v) is 6.51. The summed E-state index contributed by atoms with van der Waals surface area (Å²) in [6.45, 7) is 2.33. The predicted molar refractivity (Wildman–Crippen MR) is 83.3 cm³/mol. The summed E-state index contributed by atoms with van der Waals surface area (Å²) < 4.78 is 39.6. The van der Waals surface area contributed by atoms with Crippen molar-refractivity contribution >= 4 is 37.8 Å². The van der Waals surface area contributed by atoms with Crippen molar-refractivity contribution in [1.82, 2.24) is 4.90 Å². The Labute approximate surface area is 139 Å². The molecule has 0 aliphatic rings. The molecule has 1 rings (SSSR count). The van der Waals surface area contributed by atoms with Gasteiger partial charge in [0.2, 0.25) is 0 Å². The number of nitrogens with zero attached hydrogens (tertiary/aromatic N) is 1. The molecule has 0 bridgehead atoms. The first kappa shape index (κ1) is 18.5. The van der Waals surface area contributed by atoms with Crippen LogP contribution in [0.2, 0.25) is 0 Å². The van der Waals surface area contributed by atoms with Crippen LogP contribution in [0.4, 0.5) is 13.2 Å². The number of amides is 1. The smallest absolute Gasteiger partial charge is 0.327 e. The average Bonchev–Trinajstić information content (AvgIpc) is 2.35. The van der Waals surface area contributed by atoms with E-state index in [1.807, 2.05) is 0 Å². The molecule has 0 fully saturated rings. The van der Waals surface area contributed by atoms with Crippen molar-refractivity contribution in [2.24, 2.45) is 0 Å². The van der Waals surface area contributed by atoms with E-state index in [1.165, 1.54) is 12.1 Å². The Kier molecular flexibility index (Phi) is 6.71. The van der Waals surface area contributed by atoms with E-state index in [1.54, 1.807) is 19.9 Å². The van der Waals surface area contributed by atoms with Crippen LogP contribution in [0, 0.1) is 0 Å². The summed E-state index contributed by atoms with van der Waals surface area (Å²) in [5.74, 6) is -0.608. The van der Waals surface area contributed by atoms with E-state index in [0.29, 0.717) is 21.8 Å². The van der Waals surface area contributed by atoms with E-state index in [-0.39, 0.29) is 5.56 Å². The highest BCUT2D eigenvalue weighted by atomic mass is 79.9. The van der Waals surface area contributed by atoms with Crippen LogP contribution in [0.15, 0.2) is 27.1 Å². The van der Waals surface area contributed by atoms with Crippen molar-refractivity contribution in [3.05, 3.63) is 32.7 Å². The molecule has 2 nitrogen and oxygen atoms in total. The molecular weight excluding hydrogens is 415 g/mol. The monoisotopic (exact) mass is 429 g/mol. The Morgan fingerprint density at radius 1 is 1.14 bits per heavy atom. The molecule has 0 aromatic heterocycles. The Bertz CT molecular complexity index is 481. The van der Waals surface area contributed by atoms with E-state index in [2.05, 4.69) is 31.9 Å². The molecule has 0 saturated carbocycles. The van der Waals surface area contributed by atoms with E-state index in [0.717, 1.165) is 4.90 Å². The van der Waals surface area contributed by atoms with Gasteiger partial charge in [0.1, 0.15) is 6.54 Å². The van der Waals surface area contributed by atoms with Gasteiger partial charge >= 0.3 is 6.18 Å². The standard InChI is InChI=1S/C14H16Br2F3NO/c1-3-12(4-2)20(8-14(17,18)19)13(21)9-5-10(15)7-11(16)6-9/h5-7,12H,3-4,8H2,1-2H3. The number of alkyl halides is 3. The van der Waals surface area contributed by atoms with Gasteiger partial charge in [-0.3, -0.25) is 4.79 Å². The van der Waals surface area contributed by atoms with Crippen molar-refractivity contribution < 1.29 is 18.0 Å². The van der Waals surface area contributed by atoms with E-state index < -0.39 is 24.7 Å². The molecule has 21 heavy (non-hydrogen) atoms. The second kappa shape index (κ2) is 7.63. The minimum Gasteiger partial charge on any atom is -0.327 e. The summed E-state index contributed by atoms with van der Waals surface area (Å²) in [6, 6.07) is 4.34. The second-order valence-electron chi connectivity index (χ2n) is 4.68. The molecule has 0 aliphatic heterocycles. The number of benzene rings is 1. The van der Waals surface area contributed by atoms with Crippen LogP contribution in [0.1, 0.15) is 37.0 Å². The number of halogens is 5. The summed E-state index contributed by atoms with van der Waals surface area (Å²) >= 11 is 6.48. The van der Waals surface area contributed by atoms with Crippen LogP contribution in [0.3, 0.4) is 0 Å². The summed E-state index contributed by atoms with van der Waals surface area (Å²) in [4.78, 5) is 13.4. The molecule has 0 heterocycles. The van der Waals surface area contributed by atoms with Gasteiger partial charge in [-0.25, -0.2) is 0 Å². The highest BCUT2D eigenvalue weighted by Gasteiger charge is 2.36. The molecule has 0 N–H and O–H groups in total. The fraction of sp³-hybridized carbons (Fsp3) is 0.500. The molecule has 1 aromatic carbocycles. The van der Waals surface area contributed by atoms with Crippen molar-refractivity contribution in [3.63, 3.8) is 0 Å². The van der Waals surface area contributed by atoms with Gasteiger partial charge in [0, 0.05) is 20.6 Å². The zero-order valence-electron chi connectivity index (χ0n) is 11.7. The Morgan fingerprint density at radius 2 is 1.62 bits per heavy atom. The Hall–Kier alpha value is -0.560. The fourth-order valence-corrected chi connectivity index (χ4v) is 3.43. The van der Waals surface area contributed by atoms with Crippen LogP contribution < -0.4 is 0 Å². The van der Waals surface area contributed by atoms with Crippen molar-refractivity contribution in [2.75, 3.05) is 6.54 Å². The van der Waals surface area contributed by atoms with Gasteiger partial charge in [-0.1, -0.05) is 45.7 Å². The molecule has 0 spiro atoms. The van der Waals surface area contributed by atoms with Crippen molar-refractivity contribution in [1.29, 1.82) is 0 Å². The van der Waals surface area contributed by atoms with Crippen LogP contribution >= 0.6 is 31.9 Å². The highest BCUT2D eigenvalue weighted by molar-refractivity contribution is 9.11. The molecule has 0 saturated heterocycles. The summed E-state index contributed by atoms with van der Waals surface area (Å²) in [6.07, 6.45) is -3.46. The number of hydrogen-bond donors (Lipinski definition) is 0. The van der Waals surface area contributed by atoms with Crippen molar-refractivity contribution in [2.45, 2.75) is 38.9 Å². The average molecular weight is 431 g/mol. The number of hydrogen-bond acceptors (Lipinski definition) is 1. The van der Waals surface area contributed by atoms with Gasteiger partial charge in [-0.05, 0) is 31.0 Å². The van der Waals surface area contributed by atoms with E-state index >= 15 is 0 Å². The maximum absolute atomic E-state index is 12.8. The van der Waals surface area contributed by atoms with E-state index in [9.17, 15) is 18.0 Å². The van der Waals surface area contributed by atoms with Crippen LogP contribution in [0.25, 0.3) is 0 Å². The molecular formula is C14H16Br2F3NO. The lowest BCUT2D eigenvalue weighted by atomic mass is 10.1. The van der Waals surface area contributed by atoms with Gasteiger partial charge in [0.25, 0.3) is 5.91 Å². The lowest BCUT2D eigenvalue weighted by Crippen LogP contribution is -2.45. The predicted octanol–water partition coefficient (Wildman–Crippen LogP) is 5.40. The molecule has 118 valence electrons. The molecule has 0 unspecified atom stereocenters. The summed E-state index contributed by atoms with van der Waals surface area (Å²) in [5, 5.41) is 0. The largest absolute Gasteiger partial charge is 0.406 e. The third-order valence-corrected chi connectivity index (χ3v) is 4.02. The van der Waals surface area contributed by atoms with Gasteiger partial charge in [0.15, 0.2) is 0 Å². The van der Waals surface area contributed by atoms with Gasteiger partial charge in [0.05, 0.1) is 0 Å². The molecule has 1 aromatic rings. The number of carbonyl (C=O) groups excluding carboxylic acids is 1. The maximum Gasteiger partial charge on any atom is 0.406 e. The zero-order chi connectivity index (χ0) is 16.2.